The molecule has 2 rings (SSSR count). The van der Waals surface area contributed by atoms with Crippen molar-refractivity contribution in [3.63, 3.8) is 0 Å². The van der Waals surface area contributed by atoms with Gasteiger partial charge in [0.05, 0.1) is 23.6 Å². The Balaban J connectivity index is 1.87. The molecule has 0 bridgehead atoms. The lowest BCUT2D eigenvalue weighted by Crippen LogP contribution is -2.22. The fraction of sp³-hybridized carbons (Fsp3) is 0.462. The Hall–Kier alpha value is -1.24. The molecule has 90 valence electrons. The molecule has 0 amide bonds. The van der Waals surface area contributed by atoms with Crippen LogP contribution in [0, 0.1) is 16.7 Å². The van der Waals surface area contributed by atoms with Gasteiger partial charge in [-0.05, 0) is 30.5 Å². The Morgan fingerprint density at radius 1 is 1.53 bits per heavy atom. The molecule has 3 nitrogen and oxygen atoms in total. The van der Waals surface area contributed by atoms with Gasteiger partial charge >= 0.3 is 0 Å². The fourth-order valence-corrected chi connectivity index (χ4v) is 2.03. The van der Waals surface area contributed by atoms with Crippen LogP contribution in [0.4, 0.5) is 0 Å². The molecule has 1 aliphatic rings. The van der Waals surface area contributed by atoms with Crippen LogP contribution in [-0.4, -0.2) is 13.7 Å². The number of halogens is 1. The second kappa shape index (κ2) is 4.95. The Morgan fingerprint density at radius 2 is 2.29 bits per heavy atom. The maximum absolute atomic E-state index is 8.94. The molecule has 1 aromatic rings. The highest BCUT2D eigenvalue weighted by molar-refractivity contribution is 6.32. The molecule has 1 aliphatic carbocycles. The van der Waals surface area contributed by atoms with Gasteiger partial charge in [0.2, 0.25) is 0 Å². The summed E-state index contributed by atoms with van der Waals surface area (Å²) < 4.78 is 5.09. The van der Waals surface area contributed by atoms with Gasteiger partial charge in [-0.2, -0.15) is 5.26 Å². The molecule has 0 aliphatic heterocycles. The first-order chi connectivity index (χ1) is 8.19. The molecule has 4 heteroatoms. The zero-order valence-electron chi connectivity index (χ0n) is 9.79. The zero-order chi connectivity index (χ0) is 12.3. The number of rotatable bonds is 5. The Bertz CT molecular complexity index is 449. The average Bonchev–Trinajstić information content (AvgIpc) is 3.10. The largest absolute Gasteiger partial charge is 0.495 e. The Labute approximate surface area is 106 Å². The molecule has 0 heterocycles. The maximum Gasteiger partial charge on any atom is 0.137 e. The molecule has 0 saturated heterocycles. The van der Waals surface area contributed by atoms with Crippen molar-refractivity contribution in [2.45, 2.75) is 19.4 Å². The van der Waals surface area contributed by atoms with Crippen molar-refractivity contribution in [3.05, 3.63) is 28.8 Å². The molecule has 0 spiro atoms. The first-order valence-electron chi connectivity index (χ1n) is 5.63. The van der Waals surface area contributed by atoms with E-state index in [1.807, 2.05) is 18.2 Å². The van der Waals surface area contributed by atoms with E-state index in [0.29, 0.717) is 10.8 Å². The SMILES string of the molecule is COc1ccc(CNCC2(C#N)CC2)cc1Cl. The van der Waals surface area contributed by atoms with Gasteiger partial charge < -0.3 is 10.1 Å². The van der Waals surface area contributed by atoms with E-state index in [0.717, 1.165) is 31.5 Å². The Morgan fingerprint density at radius 3 is 2.82 bits per heavy atom. The number of nitrogens with one attached hydrogen (secondary N) is 1. The van der Waals surface area contributed by atoms with Crippen LogP contribution >= 0.6 is 11.6 Å². The van der Waals surface area contributed by atoms with Gasteiger partial charge in [0.15, 0.2) is 0 Å². The molecule has 1 aromatic carbocycles. The van der Waals surface area contributed by atoms with Gasteiger partial charge in [-0.15, -0.1) is 0 Å². The summed E-state index contributed by atoms with van der Waals surface area (Å²) in [6.45, 7) is 1.49. The van der Waals surface area contributed by atoms with Crippen molar-refractivity contribution in [1.82, 2.24) is 5.32 Å². The summed E-state index contributed by atoms with van der Waals surface area (Å²) in [4.78, 5) is 0. The number of nitriles is 1. The highest BCUT2D eigenvalue weighted by atomic mass is 35.5. The van der Waals surface area contributed by atoms with Crippen molar-refractivity contribution in [2.24, 2.45) is 5.41 Å². The smallest absolute Gasteiger partial charge is 0.137 e. The van der Waals surface area contributed by atoms with Crippen molar-refractivity contribution < 1.29 is 4.74 Å². The van der Waals surface area contributed by atoms with Gasteiger partial charge in [0.1, 0.15) is 5.75 Å². The van der Waals surface area contributed by atoms with Crippen molar-refractivity contribution >= 4 is 11.6 Å². The van der Waals surface area contributed by atoms with Crippen molar-refractivity contribution in [2.75, 3.05) is 13.7 Å². The fourth-order valence-electron chi connectivity index (χ4n) is 1.74. The molecule has 1 saturated carbocycles. The van der Waals surface area contributed by atoms with Crippen LogP contribution in [0.25, 0.3) is 0 Å². The quantitative estimate of drug-likeness (QED) is 0.874. The lowest BCUT2D eigenvalue weighted by atomic mass is 10.1. The highest BCUT2D eigenvalue weighted by Gasteiger charge is 2.42. The van der Waals surface area contributed by atoms with Crippen LogP contribution in [0.5, 0.6) is 5.75 Å². The first-order valence-corrected chi connectivity index (χ1v) is 6.01. The van der Waals surface area contributed by atoms with Crippen LogP contribution in [-0.2, 0) is 6.54 Å². The Kier molecular flexibility index (Phi) is 3.56. The summed E-state index contributed by atoms with van der Waals surface area (Å²) in [5.41, 5.74) is 1.00. The number of nitrogens with zero attached hydrogens (tertiary/aromatic N) is 1. The van der Waals surface area contributed by atoms with E-state index in [2.05, 4.69) is 11.4 Å². The number of hydrogen-bond donors (Lipinski definition) is 1. The second-order valence-electron chi connectivity index (χ2n) is 4.46. The molecule has 0 atom stereocenters. The molecule has 17 heavy (non-hydrogen) atoms. The normalized spacial score (nSPS) is 16.3. The van der Waals surface area contributed by atoms with Gasteiger partial charge in [0, 0.05) is 13.1 Å². The van der Waals surface area contributed by atoms with E-state index in [-0.39, 0.29) is 5.41 Å². The minimum Gasteiger partial charge on any atom is -0.495 e. The summed E-state index contributed by atoms with van der Waals surface area (Å²) in [5.74, 6) is 0.686. The van der Waals surface area contributed by atoms with E-state index in [1.54, 1.807) is 7.11 Å². The van der Waals surface area contributed by atoms with Gasteiger partial charge in [-0.25, -0.2) is 0 Å². The average molecular weight is 251 g/mol. The van der Waals surface area contributed by atoms with E-state index in [9.17, 15) is 0 Å². The monoisotopic (exact) mass is 250 g/mol. The molecule has 0 radical (unpaired) electrons. The third-order valence-electron chi connectivity index (χ3n) is 3.10. The molecular weight excluding hydrogens is 236 g/mol. The van der Waals surface area contributed by atoms with Gasteiger partial charge in [-0.1, -0.05) is 17.7 Å². The molecule has 1 fully saturated rings. The molecule has 1 N–H and O–H groups in total. The van der Waals surface area contributed by atoms with Crippen LogP contribution in [0.2, 0.25) is 5.02 Å². The lowest BCUT2D eigenvalue weighted by molar-refractivity contribution is 0.415. The maximum atomic E-state index is 8.94. The topological polar surface area (TPSA) is 45.0 Å². The zero-order valence-corrected chi connectivity index (χ0v) is 10.5. The molecule has 0 aromatic heterocycles. The molecule has 0 unspecified atom stereocenters. The summed E-state index contributed by atoms with van der Waals surface area (Å²) in [6.07, 6.45) is 2.03. The van der Waals surface area contributed by atoms with Crippen LogP contribution in [0.3, 0.4) is 0 Å². The minimum absolute atomic E-state index is 0.101. The molecular formula is C13H15ClN2O. The van der Waals surface area contributed by atoms with E-state index >= 15 is 0 Å². The van der Waals surface area contributed by atoms with Crippen molar-refractivity contribution in [3.8, 4) is 11.8 Å². The number of hydrogen-bond acceptors (Lipinski definition) is 3. The number of benzene rings is 1. The van der Waals surface area contributed by atoms with Crippen LogP contribution in [0.15, 0.2) is 18.2 Å². The third-order valence-corrected chi connectivity index (χ3v) is 3.39. The minimum atomic E-state index is -0.101. The van der Waals surface area contributed by atoms with Crippen molar-refractivity contribution in [1.29, 1.82) is 5.26 Å². The van der Waals surface area contributed by atoms with Gasteiger partial charge in [-0.3, -0.25) is 0 Å². The summed E-state index contributed by atoms with van der Waals surface area (Å²) in [5, 5.41) is 12.9. The standard InChI is InChI=1S/C13H15ClN2O/c1-17-12-3-2-10(6-11(12)14)7-16-9-13(8-15)4-5-13/h2-3,6,16H,4-5,7,9H2,1H3. The third kappa shape index (κ3) is 2.91. The second-order valence-corrected chi connectivity index (χ2v) is 4.87. The number of ether oxygens (including phenoxy) is 1. The highest BCUT2D eigenvalue weighted by Crippen LogP contribution is 2.44. The van der Waals surface area contributed by atoms with E-state index in [4.69, 9.17) is 21.6 Å². The number of methoxy groups -OCH3 is 1. The lowest BCUT2D eigenvalue weighted by Gasteiger charge is -2.09. The van der Waals surface area contributed by atoms with Crippen LogP contribution < -0.4 is 10.1 Å². The summed E-state index contributed by atoms with van der Waals surface area (Å²) >= 11 is 6.03. The van der Waals surface area contributed by atoms with E-state index < -0.39 is 0 Å². The van der Waals surface area contributed by atoms with Crippen LogP contribution in [0.1, 0.15) is 18.4 Å². The predicted octanol–water partition coefficient (Wildman–Crippen LogP) is 2.74. The van der Waals surface area contributed by atoms with Gasteiger partial charge in [0.25, 0.3) is 0 Å². The predicted molar refractivity (Wildman–Crippen MR) is 67.0 cm³/mol. The first kappa shape index (κ1) is 12.2. The van der Waals surface area contributed by atoms with E-state index in [1.165, 1.54) is 0 Å². The summed E-state index contributed by atoms with van der Waals surface area (Å²) in [6, 6.07) is 8.08. The summed E-state index contributed by atoms with van der Waals surface area (Å²) in [7, 11) is 1.60.